The molecule has 0 aliphatic carbocycles. The van der Waals surface area contributed by atoms with Gasteiger partial charge in [0, 0.05) is 65.4 Å². The van der Waals surface area contributed by atoms with Crippen molar-refractivity contribution in [3.63, 3.8) is 0 Å². The Morgan fingerprint density at radius 2 is 1.33 bits per heavy atom. The zero-order valence-electron chi connectivity index (χ0n) is 14.5. The summed E-state index contributed by atoms with van der Waals surface area (Å²) in [6.07, 6.45) is 0. The van der Waals surface area contributed by atoms with Gasteiger partial charge < -0.3 is 15.5 Å². The zero-order valence-corrected chi connectivity index (χ0v) is 14.5. The maximum Gasteiger partial charge on any atom is 0.0110 e. The molecule has 0 aromatic carbocycles. The van der Waals surface area contributed by atoms with Crippen molar-refractivity contribution in [2.75, 3.05) is 85.1 Å². The number of likely N-dealkylation sites (N-methyl/N-ethyl adjacent to an activating group) is 3. The number of piperazine rings is 1. The van der Waals surface area contributed by atoms with Gasteiger partial charge in [-0.25, -0.2) is 0 Å². The molecule has 1 rings (SSSR count). The van der Waals surface area contributed by atoms with Crippen molar-refractivity contribution in [2.45, 2.75) is 20.8 Å². The number of nitrogens with one attached hydrogen (secondary N) is 2. The van der Waals surface area contributed by atoms with E-state index in [0.717, 1.165) is 32.7 Å². The first-order valence-corrected chi connectivity index (χ1v) is 8.88. The molecule has 5 heteroatoms. The fourth-order valence-corrected chi connectivity index (χ4v) is 2.78. The van der Waals surface area contributed by atoms with Gasteiger partial charge in [0.25, 0.3) is 0 Å². The Morgan fingerprint density at radius 3 is 1.90 bits per heavy atom. The van der Waals surface area contributed by atoms with E-state index in [2.05, 4.69) is 46.1 Å². The van der Waals surface area contributed by atoms with Crippen molar-refractivity contribution in [2.24, 2.45) is 0 Å². The van der Waals surface area contributed by atoms with Crippen LogP contribution < -0.4 is 10.6 Å². The van der Waals surface area contributed by atoms with Gasteiger partial charge in [-0.15, -0.1) is 0 Å². The lowest BCUT2D eigenvalue weighted by Crippen LogP contribution is -2.50. The molecule has 0 bridgehead atoms. The molecule has 1 saturated heterocycles. The molecule has 0 spiro atoms. The minimum atomic E-state index is 1.08. The van der Waals surface area contributed by atoms with E-state index in [1.807, 2.05) is 0 Å². The Hall–Kier alpha value is -0.200. The first-order chi connectivity index (χ1) is 10.3. The summed E-state index contributed by atoms with van der Waals surface area (Å²) < 4.78 is 0. The standard InChI is InChI=1S/C16H37N5/c1-4-17-7-9-19(6-3)11-12-21-15-13-20(14-16-21)10-8-18-5-2/h17-18H,4-16H2,1-3H3. The Labute approximate surface area is 132 Å². The highest BCUT2D eigenvalue weighted by molar-refractivity contribution is 4.73. The van der Waals surface area contributed by atoms with Crippen LogP contribution in [-0.2, 0) is 0 Å². The fraction of sp³-hybridized carbons (Fsp3) is 1.00. The van der Waals surface area contributed by atoms with Crippen LogP contribution in [0.2, 0.25) is 0 Å². The van der Waals surface area contributed by atoms with E-state index in [4.69, 9.17) is 0 Å². The van der Waals surface area contributed by atoms with Gasteiger partial charge in [-0.3, -0.25) is 9.80 Å². The van der Waals surface area contributed by atoms with E-state index >= 15 is 0 Å². The predicted octanol–water partition coefficient (Wildman–Crippen LogP) is 0.145. The third-order valence-corrected chi connectivity index (χ3v) is 4.35. The number of hydrogen-bond acceptors (Lipinski definition) is 5. The molecule has 0 aromatic rings. The van der Waals surface area contributed by atoms with E-state index in [-0.39, 0.29) is 0 Å². The van der Waals surface area contributed by atoms with Crippen LogP contribution in [0.5, 0.6) is 0 Å². The normalized spacial score (nSPS) is 17.7. The molecule has 0 aromatic heterocycles. The highest BCUT2D eigenvalue weighted by Crippen LogP contribution is 2.01. The first-order valence-electron chi connectivity index (χ1n) is 8.88. The molecule has 1 aliphatic heterocycles. The molecule has 0 atom stereocenters. The van der Waals surface area contributed by atoms with E-state index in [9.17, 15) is 0 Å². The van der Waals surface area contributed by atoms with Crippen LogP contribution in [-0.4, -0.2) is 99.8 Å². The maximum absolute atomic E-state index is 3.41. The molecule has 0 amide bonds. The summed E-state index contributed by atoms with van der Waals surface area (Å²) in [6, 6.07) is 0. The second kappa shape index (κ2) is 12.4. The van der Waals surface area contributed by atoms with E-state index in [1.165, 1.54) is 52.4 Å². The molecule has 1 heterocycles. The SMILES string of the molecule is CCNCCN(CC)CCN1CCN(CCNCC)CC1. The summed E-state index contributed by atoms with van der Waals surface area (Å²) in [6.45, 7) is 21.9. The Morgan fingerprint density at radius 1 is 0.762 bits per heavy atom. The Balaban J connectivity index is 2.08. The summed E-state index contributed by atoms with van der Waals surface area (Å²) in [4.78, 5) is 7.77. The van der Waals surface area contributed by atoms with Crippen LogP contribution in [0.4, 0.5) is 0 Å². The third-order valence-electron chi connectivity index (χ3n) is 4.35. The molecule has 126 valence electrons. The summed E-state index contributed by atoms with van der Waals surface area (Å²) in [5, 5.41) is 6.82. The van der Waals surface area contributed by atoms with Crippen LogP contribution in [0.15, 0.2) is 0 Å². The van der Waals surface area contributed by atoms with Gasteiger partial charge in [0.15, 0.2) is 0 Å². The minimum absolute atomic E-state index is 1.08. The quantitative estimate of drug-likeness (QED) is 0.501. The van der Waals surface area contributed by atoms with Gasteiger partial charge in [0.1, 0.15) is 0 Å². The van der Waals surface area contributed by atoms with Crippen molar-refractivity contribution in [1.29, 1.82) is 0 Å². The number of rotatable bonds is 12. The average Bonchev–Trinajstić information content (AvgIpc) is 2.52. The average molecular weight is 300 g/mol. The molecule has 1 fully saturated rings. The van der Waals surface area contributed by atoms with Gasteiger partial charge in [0.05, 0.1) is 0 Å². The molecular weight excluding hydrogens is 262 g/mol. The third kappa shape index (κ3) is 8.73. The predicted molar refractivity (Wildman–Crippen MR) is 92.1 cm³/mol. The van der Waals surface area contributed by atoms with E-state index in [0.29, 0.717) is 0 Å². The van der Waals surface area contributed by atoms with Crippen molar-refractivity contribution in [3.8, 4) is 0 Å². The van der Waals surface area contributed by atoms with Crippen molar-refractivity contribution in [1.82, 2.24) is 25.3 Å². The summed E-state index contributed by atoms with van der Waals surface area (Å²) in [5.74, 6) is 0. The van der Waals surface area contributed by atoms with Gasteiger partial charge in [-0.05, 0) is 19.6 Å². The van der Waals surface area contributed by atoms with Crippen LogP contribution >= 0.6 is 0 Å². The van der Waals surface area contributed by atoms with Crippen LogP contribution in [0.1, 0.15) is 20.8 Å². The van der Waals surface area contributed by atoms with Crippen LogP contribution in [0, 0.1) is 0 Å². The maximum atomic E-state index is 3.41. The Kier molecular flexibility index (Phi) is 11.1. The summed E-state index contributed by atoms with van der Waals surface area (Å²) in [7, 11) is 0. The van der Waals surface area contributed by atoms with Crippen molar-refractivity contribution in [3.05, 3.63) is 0 Å². The second-order valence-electron chi connectivity index (χ2n) is 5.82. The molecule has 2 N–H and O–H groups in total. The molecular formula is C16H37N5. The monoisotopic (exact) mass is 299 g/mol. The summed E-state index contributed by atoms with van der Waals surface area (Å²) in [5.41, 5.74) is 0. The smallest absolute Gasteiger partial charge is 0.0110 e. The number of nitrogens with zero attached hydrogens (tertiary/aromatic N) is 3. The fourth-order valence-electron chi connectivity index (χ4n) is 2.78. The zero-order chi connectivity index (χ0) is 15.3. The van der Waals surface area contributed by atoms with Crippen LogP contribution in [0.25, 0.3) is 0 Å². The molecule has 5 nitrogen and oxygen atoms in total. The van der Waals surface area contributed by atoms with Crippen molar-refractivity contribution < 1.29 is 0 Å². The molecule has 0 unspecified atom stereocenters. The molecule has 21 heavy (non-hydrogen) atoms. The molecule has 1 aliphatic rings. The van der Waals surface area contributed by atoms with Gasteiger partial charge in [-0.1, -0.05) is 20.8 Å². The van der Waals surface area contributed by atoms with Gasteiger partial charge in [0.2, 0.25) is 0 Å². The summed E-state index contributed by atoms with van der Waals surface area (Å²) >= 11 is 0. The topological polar surface area (TPSA) is 33.8 Å². The highest BCUT2D eigenvalue weighted by atomic mass is 15.3. The lowest BCUT2D eigenvalue weighted by atomic mass is 10.3. The molecule has 0 saturated carbocycles. The minimum Gasteiger partial charge on any atom is -0.316 e. The Bertz CT molecular complexity index is 229. The lowest BCUT2D eigenvalue weighted by molar-refractivity contribution is 0.120. The lowest BCUT2D eigenvalue weighted by Gasteiger charge is -2.35. The van der Waals surface area contributed by atoms with E-state index in [1.54, 1.807) is 0 Å². The highest BCUT2D eigenvalue weighted by Gasteiger charge is 2.16. The first kappa shape index (κ1) is 18.8. The van der Waals surface area contributed by atoms with Crippen molar-refractivity contribution >= 4 is 0 Å². The van der Waals surface area contributed by atoms with Crippen LogP contribution in [0.3, 0.4) is 0 Å². The number of hydrogen-bond donors (Lipinski definition) is 2. The van der Waals surface area contributed by atoms with Gasteiger partial charge in [-0.2, -0.15) is 0 Å². The second-order valence-corrected chi connectivity index (χ2v) is 5.82. The largest absolute Gasteiger partial charge is 0.316 e. The van der Waals surface area contributed by atoms with Gasteiger partial charge >= 0.3 is 0 Å². The van der Waals surface area contributed by atoms with E-state index < -0.39 is 0 Å². The molecule has 0 radical (unpaired) electrons.